The molecule has 0 heterocycles. The van der Waals surface area contributed by atoms with E-state index in [0.29, 0.717) is 22.6 Å². The summed E-state index contributed by atoms with van der Waals surface area (Å²) in [6, 6.07) is 13.6. The predicted molar refractivity (Wildman–Crippen MR) is 70.3 cm³/mol. The predicted octanol–water partition coefficient (Wildman–Crippen LogP) is 2.41. The van der Waals surface area contributed by atoms with Crippen molar-refractivity contribution in [1.29, 1.82) is 0 Å². The molecule has 1 N–H and O–H groups in total. The van der Waals surface area contributed by atoms with Gasteiger partial charge in [-0.2, -0.15) is 0 Å². The topological polar surface area (TPSA) is 55.8 Å². The normalized spacial score (nSPS) is 10.0. The maximum absolute atomic E-state index is 11.9. The third kappa shape index (κ3) is 3.11. The Bertz CT molecular complexity index is 564. The molecule has 0 fully saturated rings. The van der Waals surface area contributed by atoms with Crippen molar-refractivity contribution in [1.82, 2.24) is 0 Å². The van der Waals surface area contributed by atoms with Crippen LogP contribution in [0.25, 0.3) is 0 Å². The Kier molecular flexibility index (Phi) is 4.15. The lowest BCUT2D eigenvalue weighted by atomic mass is 10.2. The highest BCUT2D eigenvalue weighted by molar-refractivity contribution is 5.91. The highest BCUT2D eigenvalue weighted by Crippen LogP contribution is 2.28. The third-order valence-corrected chi connectivity index (χ3v) is 2.62. The van der Waals surface area contributed by atoms with Gasteiger partial charge in [0, 0.05) is 0 Å². The van der Waals surface area contributed by atoms with Crippen LogP contribution in [-0.2, 0) is 6.61 Å². The molecule has 0 aromatic heterocycles. The number of benzene rings is 2. The highest BCUT2D eigenvalue weighted by atomic mass is 16.6. The minimum Gasteiger partial charge on any atom is -0.493 e. The molecule has 0 aliphatic carbocycles. The molecule has 0 spiro atoms. The average molecular weight is 258 g/mol. The number of methoxy groups -OCH3 is 1. The lowest BCUT2D eigenvalue weighted by molar-refractivity contribution is 0.0729. The maximum atomic E-state index is 11.9. The number of rotatable bonds is 4. The Balaban J connectivity index is 2.21. The first-order valence-corrected chi connectivity index (χ1v) is 5.79. The fraction of sp³-hybridized carbons (Fsp3) is 0.133. The van der Waals surface area contributed by atoms with Crippen molar-refractivity contribution >= 4 is 5.97 Å². The second-order valence-corrected chi connectivity index (χ2v) is 3.90. The lowest BCUT2D eigenvalue weighted by Crippen LogP contribution is -2.09. The van der Waals surface area contributed by atoms with E-state index in [4.69, 9.17) is 14.6 Å². The first-order valence-electron chi connectivity index (χ1n) is 5.79. The number of hydrogen-bond acceptors (Lipinski definition) is 4. The molecule has 0 atom stereocenters. The molecule has 0 bridgehead atoms. The van der Waals surface area contributed by atoms with Crippen molar-refractivity contribution < 1.29 is 19.4 Å². The molecule has 19 heavy (non-hydrogen) atoms. The second-order valence-electron chi connectivity index (χ2n) is 3.90. The number of carbonyl (C=O) groups excluding carboxylic acids is 1. The summed E-state index contributed by atoms with van der Waals surface area (Å²) in [5, 5.41) is 9.05. The van der Waals surface area contributed by atoms with Crippen molar-refractivity contribution in [2.45, 2.75) is 6.61 Å². The van der Waals surface area contributed by atoms with Crippen molar-refractivity contribution in [2.75, 3.05) is 7.11 Å². The Morgan fingerprint density at radius 3 is 2.47 bits per heavy atom. The van der Waals surface area contributed by atoms with Crippen LogP contribution in [0.4, 0.5) is 0 Å². The van der Waals surface area contributed by atoms with Gasteiger partial charge in [0.25, 0.3) is 0 Å². The summed E-state index contributed by atoms with van der Waals surface area (Å²) in [6.45, 7) is -0.0940. The van der Waals surface area contributed by atoms with E-state index >= 15 is 0 Å². The van der Waals surface area contributed by atoms with Gasteiger partial charge >= 0.3 is 5.97 Å². The van der Waals surface area contributed by atoms with Crippen molar-refractivity contribution in [3.63, 3.8) is 0 Å². The van der Waals surface area contributed by atoms with Gasteiger partial charge in [0.1, 0.15) is 0 Å². The monoisotopic (exact) mass is 258 g/mol. The summed E-state index contributed by atoms with van der Waals surface area (Å²) in [5.74, 6) is 0.292. The van der Waals surface area contributed by atoms with Gasteiger partial charge < -0.3 is 14.6 Å². The van der Waals surface area contributed by atoms with E-state index in [0.717, 1.165) is 0 Å². The van der Waals surface area contributed by atoms with Gasteiger partial charge in [-0.3, -0.25) is 0 Å². The Labute approximate surface area is 111 Å². The fourth-order valence-electron chi connectivity index (χ4n) is 1.63. The van der Waals surface area contributed by atoms with Crippen LogP contribution in [-0.4, -0.2) is 18.2 Å². The van der Waals surface area contributed by atoms with Gasteiger partial charge in [0.05, 0.1) is 19.3 Å². The van der Waals surface area contributed by atoms with Crippen LogP contribution in [0.15, 0.2) is 48.5 Å². The molecule has 0 unspecified atom stereocenters. The lowest BCUT2D eigenvalue weighted by Gasteiger charge is -2.10. The number of hydrogen-bond donors (Lipinski definition) is 1. The average Bonchev–Trinajstić information content (AvgIpc) is 2.48. The van der Waals surface area contributed by atoms with Gasteiger partial charge in [0.15, 0.2) is 11.5 Å². The van der Waals surface area contributed by atoms with Crippen LogP contribution >= 0.6 is 0 Å². The van der Waals surface area contributed by atoms with Gasteiger partial charge in [0.2, 0.25) is 0 Å². The van der Waals surface area contributed by atoms with E-state index in [1.165, 1.54) is 7.11 Å². The summed E-state index contributed by atoms with van der Waals surface area (Å²) >= 11 is 0. The summed E-state index contributed by atoms with van der Waals surface area (Å²) in [5.41, 5.74) is 1.16. The van der Waals surface area contributed by atoms with E-state index < -0.39 is 5.97 Å². The Morgan fingerprint density at radius 1 is 1.11 bits per heavy atom. The molecule has 4 heteroatoms. The molecule has 4 nitrogen and oxygen atoms in total. The number of esters is 1. The molecule has 0 aliphatic rings. The van der Waals surface area contributed by atoms with Gasteiger partial charge in [-0.1, -0.05) is 24.3 Å². The van der Waals surface area contributed by atoms with Crippen LogP contribution in [0, 0.1) is 0 Å². The van der Waals surface area contributed by atoms with Gasteiger partial charge in [-0.25, -0.2) is 4.79 Å². The molecular weight excluding hydrogens is 244 g/mol. The molecular formula is C15H14O4. The molecule has 0 aliphatic heterocycles. The molecule has 0 radical (unpaired) electrons. The zero-order valence-electron chi connectivity index (χ0n) is 10.5. The number of ether oxygens (including phenoxy) is 2. The van der Waals surface area contributed by atoms with Gasteiger partial charge in [-0.15, -0.1) is 0 Å². The van der Waals surface area contributed by atoms with Crippen molar-refractivity contribution in [2.24, 2.45) is 0 Å². The fourth-order valence-corrected chi connectivity index (χ4v) is 1.63. The first kappa shape index (κ1) is 13.1. The molecule has 2 aromatic rings. The smallest absolute Gasteiger partial charge is 0.343 e. The SMILES string of the molecule is COc1cc(CO)ccc1OC(=O)c1ccccc1. The van der Waals surface area contributed by atoms with Crippen LogP contribution in [0.5, 0.6) is 11.5 Å². The van der Waals surface area contributed by atoms with Crippen molar-refractivity contribution in [3.8, 4) is 11.5 Å². The van der Waals surface area contributed by atoms with Crippen LogP contribution in [0.3, 0.4) is 0 Å². The van der Waals surface area contributed by atoms with E-state index in [1.54, 1.807) is 42.5 Å². The first-order chi connectivity index (χ1) is 9.24. The van der Waals surface area contributed by atoms with E-state index in [-0.39, 0.29) is 6.61 Å². The van der Waals surface area contributed by atoms with E-state index in [1.807, 2.05) is 6.07 Å². The second kappa shape index (κ2) is 6.02. The molecule has 0 saturated carbocycles. The molecule has 2 rings (SSSR count). The number of aliphatic hydroxyl groups is 1. The van der Waals surface area contributed by atoms with Gasteiger partial charge in [-0.05, 0) is 29.8 Å². The minimum absolute atomic E-state index is 0.0940. The zero-order valence-corrected chi connectivity index (χ0v) is 10.5. The zero-order chi connectivity index (χ0) is 13.7. The summed E-state index contributed by atoms with van der Waals surface area (Å²) < 4.78 is 10.4. The Hall–Kier alpha value is -2.33. The quantitative estimate of drug-likeness (QED) is 0.676. The van der Waals surface area contributed by atoms with E-state index in [9.17, 15) is 4.79 Å². The van der Waals surface area contributed by atoms with Crippen molar-refractivity contribution in [3.05, 3.63) is 59.7 Å². The Morgan fingerprint density at radius 2 is 1.84 bits per heavy atom. The van der Waals surface area contributed by atoms with Crippen LogP contribution in [0.1, 0.15) is 15.9 Å². The van der Waals surface area contributed by atoms with Crippen LogP contribution in [0.2, 0.25) is 0 Å². The summed E-state index contributed by atoms with van der Waals surface area (Å²) in [4.78, 5) is 11.9. The summed E-state index contributed by atoms with van der Waals surface area (Å²) in [7, 11) is 1.48. The molecule has 98 valence electrons. The molecule has 0 amide bonds. The summed E-state index contributed by atoms with van der Waals surface area (Å²) in [6.07, 6.45) is 0. The van der Waals surface area contributed by atoms with Crippen LogP contribution < -0.4 is 9.47 Å². The minimum atomic E-state index is -0.448. The standard InChI is InChI=1S/C15H14O4/c1-18-14-9-11(10-16)7-8-13(14)19-15(17)12-5-3-2-4-6-12/h2-9,16H,10H2,1H3. The highest BCUT2D eigenvalue weighted by Gasteiger charge is 2.12. The molecule has 2 aromatic carbocycles. The number of aliphatic hydroxyl groups excluding tert-OH is 1. The maximum Gasteiger partial charge on any atom is 0.343 e. The molecule has 0 saturated heterocycles. The third-order valence-electron chi connectivity index (χ3n) is 2.62. The van der Waals surface area contributed by atoms with E-state index in [2.05, 4.69) is 0 Å². The number of carbonyl (C=O) groups is 1. The largest absolute Gasteiger partial charge is 0.493 e.